The molecule has 172 valence electrons. The Hall–Kier alpha value is -2.78. The molecule has 2 unspecified atom stereocenters. The second-order valence-corrected chi connectivity index (χ2v) is 8.05. The number of fused-ring (bicyclic) bond motifs is 2. The minimum atomic E-state index is -4.36. The van der Waals surface area contributed by atoms with Crippen molar-refractivity contribution in [2.24, 2.45) is 0 Å². The number of H-pyrrole nitrogens is 1. The van der Waals surface area contributed by atoms with Crippen LogP contribution < -0.4 is 10.5 Å². The lowest BCUT2D eigenvalue weighted by Crippen LogP contribution is -2.42. The number of likely N-dealkylation sites (tertiary alicyclic amines) is 1. The minimum absolute atomic E-state index is 0.229. The predicted molar refractivity (Wildman–Crippen MR) is 114 cm³/mol. The number of methoxy groups -OCH3 is 1. The number of nitrogens with one attached hydrogen (secondary N) is 1. The monoisotopic (exact) mass is 451 g/mol. The Morgan fingerprint density at radius 3 is 2.69 bits per heavy atom. The summed E-state index contributed by atoms with van der Waals surface area (Å²) in [6.45, 7) is 2.68. The molecule has 0 aliphatic carbocycles. The number of nitrogen functional groups attached to an aromatic ring is 1. The molecule has 1 saturated heterocycles. The van der Waals surface area contributed by atoms with Gasteiger partial charge in [0.05, 0.1) is 6.10 Å². The van der Waals surface area contributed by atoms with Crippen molar-refractivity contribution in [2.75, 3.05) is 32.5 Å². The molecule has 0 amide bonds. The number of nitrogens with two attached hydrogens (primary N) is 1. The number of halogens is 4. The first-order valence-electron chi connectivity index (χ1n) is 10.4. The number of nitrogens with zero attached hydrogens (tertiary/aromatic N) is 1. The van der Waals surface area contributed by atoms with Gasteiger partial charge in [-0.15, -0.1) is 0 Å². The molecule has 32 heavy (non-hydrogen) atoms. The van der Waals surface area contributed by atoms with Gasteiger partial charge in [0.25, 0.3) is 0 Å². The zero-order valence-corrected chi connectivity index (χ0v) is 17.6. The van der Waals surface area contributed by atoms with Gasteiger partial charge in [-0.2, -0.15) is 13.2 Å². The van der Waals surface area contributed by atoms with E-state index in [4.69, 9.17) is 15.2 Å². The molecule has 3 aromatic rings. The second kappa shape index (κ2) is 8.99. The Morgan fingerprint density at radius 2 is 2.00 bits per heavy atom. The molecule has 0 bridgehead atoms. The number of hydrogen-bond acceptors (Lipinski definition) is 4. The van der Waals surface area contributed by atoms with Crippen LogP contribution >= 0.6 is 0 Å². The standard InChI is InChI=1S/C14H18FNO2.C9H7F3N2/c1-17-13-4-5-16(8-13)12-6-10-2-3-11(15)7-14(10)18-9-12;10-9(11,12)8-4-5-6(13)2-1-3-7(5)14-8/h2-3,7,12-13H,4-6,8-9H2,1H3;1-4,14H,13H2. The Bertz CT molecular complexity index is 1080. The summed E-state index contributed by atoms with van der Waals surface area (Å²) in [5, 5.41) is 0.403. The smallest absolute Gasteiger partial charge is 0.431 e. The minimum Gasteiger partial charge on any atom is -0.492 e. The highest BCUT2D eigenvalue weighted by molar-refractivity contribution is 5.91. The molecular weight excluding hydrogens is 426 g/mol. The molecule has 2 aromatic carbocycles. The summed E-state index contributed by atoms with van der Waals surface area (Å²) in [6, 6.07) is 11.0. The third-order valence-electron chi connectivity index (χ3n) is 5.95. The Morgan fingerprint density at radius 1 is 1.19 bits per heavy atom. The van der Waals surface area contributed by atoms with E-state index in [0.29, 0.717) is 41.1 Å². The molecule has 2 aliphatic heterocycles. The molecule has 0 spiro atoms. The van der Waals surface area contributed by atoms with Gasteiger partial charge in [-0.3, -0.25) is 4.90 Å². The van der Waals surface area contributed by atoms with E-state index in [2.05, 4.69) is 9.88 Å². The molecule has 1 fully saturated rings. The normalized spacial score (nSPS) is 21.0. The number of rotatable bonds is 2. The summed E-state index contributed by atoms with van der Waals surface area (Å²) in [5.74, 6) is 0.474. The van der Waals surface area contributed by atoms with Crippen molar-refractivity contribution in [2.45, 2.75) is 31.2 Å². The third-order valence-corrected chi connectivity index (χ3v) is 5.95. The Balaban J connectivity index is 0.000000158. The maximum atomic E-state index is 13.1. The first kappa shape index (κ1) is 22.4. The van der Waals surface area contributed by atoms with E-state index in [1.165, 1.54) is 12.1 Å². The number of hydrogen-bond donors (Lipinski definition) is 2. The summed E-state index contributed by atoms with van der Waals surface area (Å²) in [6.07, 6.45) is -1.99. The molecule has 5 rings (SSSR count). The summed E-state index contributed by atoms with van der Waals surface area (Å²) < 4.78 is 61.0. The first-order valence-corrected chi connectivity index (χ1v) is 10.4. The van der Waals surface area contributed by atoms with E-state index in [1.54, 1.807) is 25.3 Å². The summed E-state index contributed by atoms with van der Waals surface area (Å²) in [5.41, 5.74) is 6.60. The first-order chi connectivity index (χ1) is 15.2. The highest BCUT2D eigenvalue weighted by Crippen LogP contribution is 2.33. The molecule has 2 aliphatic rings. The lowest BCUT2D eigenvalue weighted by Gasteiger charge is -2.32. The Labute approximate surface area is 183 Å². The summed E-state index contributed by atoms with van der Waals surface area (Å²) in [7, 11) is 1.77. The number of aromatic nitrogens is 1. The number of ether oxygens (including phenoxy) is 2. The van der Waals surface area contributed by atoms with Crippen molar-refractivity contribution in [1.82, 2.24) is 9.88 Å². The van der Waals surface area contributed by atoms with Gasteiger partial charge in [0, 0.05) is 48.9 Å². The molecule has 2 atom stereocenters. The van der Waals surface area contributed by atoms with Gasteiger partial charge in [0.1, 0.15) is 23.9 Å². The van der Waals surface area contributed by atoms with Crippen LogP contribution in [0.4, 0.5) is 23.2 Å². The zero-order valence-electron chi connectivity index (χ0n) is 17.6. The lowest BCUT2D eigenvalue weighted by atomic mass is 10.0. The van der Waals surface area contributed by atoms with Crippen molar-refractivity contribution in [3.05, 3.63) is 59.5 Å². The van der Waals surface area contributed by atoms with E-state index in [1.807, 2.05) is 6.07 Å². The van der Waals surface area contributed by atoms with Crippen molar-refractivity contribution in [3.63, 3.8) is 0 Å². The Kier molecular flexibility index (Phi) is 6.30. The average Bonchev–Trinajstić information content (AvgIpc) is 3.42. The van der Waals surface area contributed by atoms with Crippen LogP contribution in [0.5, 0.6) is 5.75 Å². The highest BCUT2D eigenvalue weighted by atomic mass is 19.4. The molecule has 5 nitrogen and oxygen atoms in total. The van der Waals surface area contributed by atoms with Crippen LogP contribution in [-0.4, -0.2) is 48.8 Å². The van der Waals surface area contributed by atoms with E-state index in [-0.39, 0.29) is 5.82 Å². The molecule has 0 saturated carbocycles. The van der Waals surface area contributed by atoms with Crippen LogP contribution in [0, 0.1) is 5.82 Å². The lowest BCUT2D eigenvalue weighted by molar-refractivity contribution is -0.140. The van der Waals surface area contributed by atoms with E-state index in [9.17, 15) is 17.6 Å². The zero-order chi connectivity index (χ0) is 22.9. The predicted octanol–water partition coefficient (Wildman–Crippen LogP) is 4.62. The van der Waals surface area contributed by atoms with Crippen LogP contribution in [0.2, 0.25) is 0 Å². The van der Waals surface area contributed by atoms with Gasteiger partial charge < -0.3 is 20.2 Å². The summed E-state index contributed by atoms with van der Waals surface area (Å²) >= 11 is 0. The number of aromatic amines is 1. The van der Waals surface area contributed by atoms with Crippen molar-refractivity contribution < 1.29 is 27.0 Å². The quantitative estimate of drug-likeness (QED) is 0.441. The maximum Gasteiger partial charge on any atom is 0.431 e. The fourth-order valence-corrected chi connectivity index (χ4v) is 4.17. The molecule has 3 heterocycles. The van der Waals surface area contributed by atoms with Gasteiger partial charge in [-0.1, -0.05) is 12.1 Å². The topological polar surface area (TPSA) is 63.5 Å². The number of benzene rings is 2. The van der Waals surface area contributed by atoms with E-state index < -0.39 is 11.9 Å². The summed E-state index contributed by atoms with van der Waals surface area (Å²) in [4.78, 5) is 4.69. The van der Waals surface area contributed by atoms with Crippen molar-refractivity contribution in [3.8, 4) is 5.75 Å². The van der Waals surface area contributed by atoms with Crippen LogP contribution in [0.1, 0.15) is 17.7 Å². The van der Waals surface area contributed by atoms with Crippen molar-refractivity contribution >= 4 is 16.6 Å². The molecule has 0 radical (unpaired) electrons. The molecule has 3 N–H and O–H groups in total. The van der Waals surface area contributed by atoms with Gasteiger partial charge in [0.2, 0.25) is 0 Å². The van der Waals surface area contributed by atoms with Gasteiger partial charge >= 0.3 is 6.18 Å². The van der Waals surface area contributed by atoms with E-state index >= 15 is 0 Å². The molecule has 9 heteroatoms. The highest BCUT2D eigenvalue weighted by Gasteiger charge is 2.33. The van der Waals surface area contributed by atoms with Crippen LogP contribution in [0.3, 0.4) is 0 Å². The van der Waals surface area contributed by atoms with Crippen molar-refractivity contribution in [1.29, 1.82) is 0 Å². The fraction of sp³-hybridized carbons (Fsp3) is 0.391. The van der Waals surface area contributed by atoms with Crippen LogP contribution in [0.25, 0.3) is 10.9 Å². The van der Waals surface area contributed by atoms with Crippen LogP contribution in [-0.2, 0) is 17.3 Å². The maximum absolute atomic E-state index is 13.1. The van der Waals surface area contributed by atoms with Gasteiger partial charge in [0.15, 0.2) is 0 Å². The third kappa shape index (κ3) is 4.83. The SMILES string of the molecule is COC1CCN(C2COc3cc(F)ccc3C2)C1.Nc1cccc2[nH]c(C(F)(F)F)cc12. The average molecular weight is 451 g/mol. The number of alkyl halides is 3. The molecular formula is C23H25F4N3O2. The van der Waals surface area contributed by atoms with Gasteiger partial charge in [-0.25, -0.2) is 4.39 Å². The van der Waals surface area contributed by atoms with Gasteiger partial charge in [-0.05, 0) is 42.7 Å². The fourth-order valence-electron chi connectivity index (χ4n) is 4.17. The second-order valence-electron chi connectivity index (χ2n) is 8.05. The number of anilines is 1. The van der Waals surface area contributed by atoms with Crippen LogP contribution in [0.15, 0.2) is 42.5 Å². The molecule has 1 aromatic heterocycles. The van der Waals surface area contributed by atoms with E-state index in [0.717, 1.165) is 37.6 Å². The largest absolute Gasteiger partial charge is 0.492 e.